The Labute approximate surface area is 99.4 Å². The first-order valence-corrected chi connectivity index (χ1v) is 6.02. The summed E-state index contributed by atoms with van der Waals surface area (Å²) in [5, 5.41) is 9.71. The summed E-state index contributed by atoms with van der Waals surface area (Å²) in [6, 6.07) is 5.94. The van der Waals surface area contributed by atoms with Gasteiger partial charge in [-0.1, -0.05) is 11.6 Å². The van der Waals surface area contributed by atoms with E-state index in [2.05, 4.69) is 15.1 Å². The summed E-state index contributed by atoms with van der Waals surface area (Å²) in [6.07, 6.45) is 3.14. The molecule has 1 unspecified atom stereocenters. The molecule has 1 aromatic carbocycles. The van der Waals surface area contributed by atoms with E-state index in [9.17, 15) is 0 Å². The number of fused-ring (bicyclic) bond motifs is 1. The van der Waals surface area contributed by atoms with Crippen molar-refractivity contribution in [3.63, 3.8) is 0 Å². The summed E-state index contributed by atoms with van der Waals surface area (Å²) in [4.78, 5) is 0. The Kier molecular flexibility index (Phi) is 2.58. The molecule has 0 aliphatic carbocycles. The van der Waals surface area contributed by atoms with E-state index in [1.54, 1.807) is 0 Å². The molecule has 0 saturated carbocycles. The van der Waals surface area contributed by atoms with Crippen LogP contribution < -0.4 is 5.32 Å². The van der Waals surface area contributed by atoms with Crippen LogP contribution in [0.15, 0.2) is 24.4 Å². The van der Waals surface area contributed by atoms with Gasteiger partial charge in [0.2, 0.25) is 0 Å². The highest BCUT2D eigenvalue weighted by Gasteiger charge is 2.16. The molecule has 0 radical (unpaired) electrons. The van der Waals surface area contributed by atoms with E-state index in [1.807, 2.05) is 24.4 Å². The molecule has 4 heteroatoms. The lowest BCUT2D eigenvalue weighted by Gasteiger charge is -2.09. The molecule has 3 nitrogen and oxygen atoms in total. The van der Waals surface area contributed by atoms with Crippen LogP contribution in [-0.4, -0.2) is 22.9 Å². The second kappa shape index (κ2) is 4.07. The molecular formula is C12H14ClN3. The number of nitrogens with one attached hydrogen (secondary N) is 1. The van der Waals surface area contributed by atoms with Crippen LogP contribution in [0.1, 0.15) is 6.42 Å². The first kappa shape index (κ1) is 10.1. The van der Waals surface area contributed by atoms with Gasteiger partial charge in [0.15, 0.2) is 0 Å². The Bertz CT molecular complexity index is 500. The van der Waals surface area contributed by atoms with Crippen molar-refractivity contribution in [2.24, 2.45) is 5.92 Å². The van der Waals surface area contributed by atoms with Crippen LogP contribution >= 0.6 is 11.6 Å². The zero-order chi connectivity index (χ0) is 11.0. The topological polar surface area (TPSA) is 29.9 Å². The van der Waals surface area contributed by atoms with Crippen molar-refractivity contribution in [1.82, 2.24) is 15.1 Å². The van der Waals surface area contributed by atoms with Crippen molar-refractivity contribution in [1.29, 1.82) is 0 Å². The fraction of sp³-hybridized carbons (Fsp3) is 0.417. The van der Waals surface area contributed by atoms with Gasteiger partial charge in [-0.05, 0) is 43.6 Å². The maximum Gasteiger partial charge on any atom is 0.0683 e. The van der Waals surface area contributed by atoms with Crippen molar-refractivity contribution in [2.45, 2.75) is 13.0 Å². The average Bonchev–Trinajstić information content (AvgIpc) is 2.89. The molecule has 84 valence electrons. The molecule has 1 N–H and O–H groups in total. The minimum Gasteiger partial charge on any atom is -0.316 e. The van der Waals surface area contributed by atoms with E-state index in [0.717, 1.165) is 30.0 Å². The summed E-state index contributed by atoms with van der Waals surface area (Å²) in [5.74, 6) is 0.707. The predicted octanol–water partition coefficient (Wildman–Crippen LogP) is 2.30. The van der Waals surface area contributed by atoms with Crippen LogP contribution in [0.25, 0.3) is 10.9 Å². The molecule has 1 fully saturated rings. The monoisotopic (exact) mass is 235 g/mol. The number of hydrogen-bond donors (Lipinski definition) is 1. The molecule has 3 rings (SSSR count). The van der Waals surface area contributed by atoms with E-state index in [0.29, 0.717) is 5.92 Å². The van der Waals surface area contributed by atoms with Gasteiger partial charge in [-0.25, -0.2) is 0 Å². The van der Waals surface area contributed by atoms with Crippen LogP contribution in [-0.2, 0) is 6.54 Å². The minimum atomic E-state index is 0.707. The van der Waals surface area contributed by atoms with Crippen molar-refractivity contribution < 1.29 is 0 Å². The molecule has 16 heavy (non-hydrogen) atoms. The van der Waals surface area contributed by atoms with Gasteiger partial charge >= 0.3 is 0 Å². The predicted molar refractivity (Wildman–Crippen MR) is 65.7 cm³/mol. The highest BCUT2D eigenvalue weighted by molar-refractivity contribution is 6.31. The average molecular weight is 236 g/mol. The zero-order valence-electron chi connectivity index (χ0n) is 8.99. The molecule has 2 aromatic rings. The largest absolute Gasteiger partial charge is 0.316 e. The third-order valence-corrected chi connectivity index (χ3v) is 3.43. The van der Waals surface area contributed by atoms with Crippen LogP contribution in [0.4, 0.5) is 0 Å². The van der Waals surface area contributed by atoms with Crippen molar-refractivity contribution in [3.05, 3.63) is 29.4 Å². The molecule has 1 saturated heterocycles. The standard InChI is InChI=1S/C12H14ClN3/c13-11-1-2-12-10(5-11)7-15-16(12)8-9-3-4-14-6-9/h1-2,5,7,9,14H,3-4,6,8H2. The van der Waals surface area contributed by atoms with Gasteiger partial charge in [0, 0.05) is 17.0 Å². The van der Waals surface area contributed by atoms with Crippen molar-refractivity contribution >= 4 is 22.5 Å². The quantitative estimate of drug-likeness (QED) is 0.866. The Morgan fingerprint density at radius 3 is 3.25 bits per heavy atom. The zero-order valence-corrected chi connectivity index (χ0v) is 9.74. The number of nitrogens with zero attached hydrogens (tertiary/aromatic N) is 2. The van der Waals surface area contributed by atoms with Crippen molar-refractivity contribution in [2.75, 3.05) is 13.1 Å². The summed E-state index contributed by atoms with van der Waals surface area (Å²) >= 11 is 5.95. The Balaban J connectivity index is 1.91. The normalized spacial score (nSPS) is 20.7. The molecular weight excluding hydrogens is 222 g/mol. The number of hydrogen-bond acceptors (Lipinski definition) is 2. The molecule has 1 aromatic heterocycles. The van der Waals surface area contributed by atoms with Crippen LogP contribution in [0.3, 0.4) is 0 Å². The number of halogens is 1. The van der Waals surface area contributed by atoms with E-state index in [1.165, 1.54) is 11.9 Å². The highest BCUT2D eigenvalue weighted by Crippen LogP contribution is 2.20. The summed E-state index contributed by atoms with van der Waals surface area (Å²) in [7, 11) is 0. The van der Waals surface area contributed by atoms with E-state index < -0.39 is 0 Å². The SMILES string of the molecule is Clc1ccc2c(cnn2CC2CCNC2)c1. The van der Waals surface area contributed by atoms with Gasteiger partial charge in [-0.3, -0.25) is 4.68 Å². The molecule has 1 aliphatic heterocycles. The smallest absolute Gasteiger partial charge is 0.0683 e. The van der Waals surface area contributed by atoms with Gasteiger partial charge in [-0.15, -0.1) is 0 Å². The molecule has 2 heterocycles. The van der Waals surface area contributed by atoms with Crippen LogP contribution in [0, 0.1) is 5.92 Å². The van der Waals surface area contributed by atoms with Crippen LogP contribution in [0.2, 0.25) is 5.02 Å². The summed E-state index contributed by atoms with van der Waals surface area (Å²) in [5.41, 5.74) is 1.18. The Morgan fingerprint density at radius 2 is 2.44 bits per heavy atom. The second-order valence-corrected chi connectivity index (χ2v) is 4.83. The maximum absolute atomic E-state index is 5.95. The third-order valence-electron chi connectivity index (χ3n) is 3.20. The second-order valence-electron chi connectivity index (χ2n) is 4.39. The fourth-order valence-corrected chi connectivity index (χ4v) is 2.50. The van der Waals surface area contributed by atoms with Gasteiger partial charge < -0.3 is 5.32 Å². The van der Waals surface area contributed by atoms with Crippen LogP contribution in [0.5, 0.6) is 0 Å². The lowest BCUT2D eigenvalue weighted by molar-refractivity contribution is 0.459. The molecule has 0 bridgehead atoms. The van der Waals surface area contributed by atoms with Gasteiger partial charge in [0.25, 0.3) is 0 Å². The molecule has 1 aliphatic rings. The van der Waals surface area contributed by atoms with Gasteiger partial charge in [0.05, 0.1) is 11.7 Å². The minimum absolute atomic E-state index is 0.707. The first-order valence-electron chi connectivity index (χ1n) is 5.65. The fourth-order valence-electron chi connectivity index (χ4n) is 2.32. The Morgan fingerprint density at radius 1 is 1.50 bits per heavy atom. The lowest BCUT2D eigenvalue weighted by Crippen LogP contribution is -2.15. The number of benzene rings is 1. The molecule has 1 atom stereocenters. The summed E-state index contributed by atoms with van der Waals surface area (Å²) < 4.78 is 2.09. The van der Waals surface area contributed by atoms with Gasteiger partial charge in [0.1, 0.15) is 0 Å². The molecule has 0 amide bonds. The third kappa shape index (κ3) is 1.81. The first-order chi connectivity index (χ1) is 7.83. The lowest BCUT2D eigenvalue weighted by atomic mass is 10.1. The number of rotatable bonds is 2. The maximum atomic E-state index is 5.95. The van der Waals surface area contributed by atoms with E-state index in [4.69, 9.17) is 11.6 Å². The molecule has 0 spiro atoms. The highest BCUT2D eigenvalue weighted by atomic mass is 35.5. The summed E-state index contributed by atoms with van der Waals surface area (Å²) in [6.45, 7) is 3.24. The van der Waals surface area contributed by atoms with E-state index in [-0.39, 0.29) is 0 Å². The number of aromatic nitrogens is 2. The van der Waals surface area contributed by atoms with Crippen molar-refractivity contribution in [3.8, 4) is 0 Å². The van der Waals surface area contributed by atoms with Gasteiger partial charge in [-0.2, -0.15) is 5.10 Å². The van der Waals surface area contributed by atoms with E-state index >= 15 is 0 Å². The Hall–Kier alpha value is -1.06.